The van der Waals surface area contributed by atoms with E-state index in [1.165, 1.54) is 12.1 Å². The highest BCUT2D eigenvalue weighted by Gasteiger charge is 2.22. The van der Waals surface area contributed by atoms with E-state index in [1.807, 2.05) is 24.0 Å². The van der Waals surface area contributed by atoms with Crippen molar-refractivity contribution in [3.63, 3.8) is 0 Å². The second kappa shape index (κ2) is 6.69. The molecule has 3 heteroatoms. The Morgan fingerprint density at radius 3 is 2.74 bits per heavy atom. The summed E-state index contributed by atoms with van der Waals surface area (Å²) < 4.78 is 13.0. The number of nitrogens with zero attached hydrogens (tertiary/aromatic N) is 1. The summed E-state index contributed by atoms with van der Waals surface area (Å²) in [5.74, 6) is 0.414. The van der Waals surface area contributed by atoms with E-state index >= 15 is 0 Å². The van der Waals surface area contributed by atoms with Crippen LogP contribution in [0.2, 0.25) is 0 Å². The molecule has 0 N–H and O–H groups in total. The zero-order valence-electron chi connectivity index (χ0n) is 11.6. The molecule has 1 aromatic rings. The van der Waals surface area contributed by atoms with Crippen LogP contribution in [0.5, 0.6) is 0 Å². The quantitative estimate of drug-likeness (QED) is 0.814. The van der Waals surface area contributed by atoms with Crippen LogP contribution < -0.4 is 0 Å². The van der Waals surface area contributed by atoms with Gasteiger partial charge in [-0.05, 0) is 37.0 Å². The van der Waals surface area contributed by atoms with Crippen molar-refractivity contribution in [2.45, 2.75) is 44.9 Å². The summed E-state index contributed by atoms with van der Waals surface area (Å²) in [4.78, 5) is 14.0. The number of hydrogen-bond acceptors (Lipinski definition) is 1. The second-order valence-electron chi connectivity index (χ2n) is 5.33. The highest BCUT2D eigenvalue weighted by molar-refractivity contribution is 5.76. The van der Waals surface area contributed by atoms with E-state index in [-0.39, 0.29) is 11.7 Å². The van der Waals surface area contributed by atoms with Crippen LogP contribution in [0.25, 0.3) is 0 Å². The molecule has 1 aromatic carbocycles. The number of halogens is 1. The van der Waals surface area contributed by atoms with Crippen molar-refractivity contribution >= 4 is 5.91 Å². The minimum absolute atomic E-state index is 0.198. The first-order chi connectivity index (χ1) is 9.20. The van der Waals surface area contributed by atoms with Gasteiger partial charge in [-0.15, -0.1) is 0 Å². The fourth-order valence-electron chi connectivity index (χ4n) is 2.75. The van der Waals surface area contributed by atoms with Crippen LogP contribution in [0.4, 0.5) is 4.39 Å². The van der Waals surface area contributed by atoms with Crippen LogP contribution in [0.1, 0.15) is 50.5 Å². The standard InChI is InChI=1S/C16H22FNO/c1-2-5-16(19)18-11-4-3-6-14(12-18)13-7-9-15(17)10-8-13/h7-10,14H,2-6,11-12H2,1H3. The summed E-state index contributed by atoms with van der Waals surface area (Å²) in [6.45, 7) is 3.69. The molecule has 1 fully saturated rings. The summed E-state index contributed by atoms with van der Waals surface area (Å²) in [7, 11) is 0. The van der Waals surface area contributed by atoms with E-state index in [9.17, 15) is 9.18 Å². The third-order valence-electron chi connectivity index (χ3n) is 3.83. The maximum atomic E-state index is 13.0. The monoisotopic (exact) mass is 263 g/mol. The lowest BCUT2D eigenvalue weighted by Gasteiger charge is -2.24. The molecule has 1 heterocycles. The van der Waals surface area contributed by atoms with Gasteiger partial charge < -0.3 is 4.90 Å². The van der Waals surface area contributed by atoms with Gasteiger partial charge in [-0.1, -0.05) is 25.5 Å². The topological polar surface area (TPSA) is 20.3 Å². The van der Waals surface area contributed by atoms with Crippen LogP contribution in [0.3, 0.4) is 0 Å². The van der Waals surface area contributed by atoms with Crippen LogP contribution in [0.15, 0.2) is 24.3 Å². The van der Waals surface area contributed by atoms with Crippen LogP contribution in [-0.4, -0.2) is 23.9 Å². The fraction of sp³-hybridized carbons (Fsp3) is 0.562. The zero-order chi connectivity index (χ0) is 13.7. The maximum Gasteiger partial charge on any atom is 0.222 e. The molecule has 1 unspecified atom stereocenters. The molecule has 1 saturated heterocycles. The van der Waals surface area contributed by atoms with Gasteiger partial charge >= 0.3 is 0 Å². The predicted molar refractivity (Wildman–Crippen MR) is 74.5 cm³/mol. The number of benzene rings is 1. The largest absolute Gasteiger partial charge is 0.342 e. The van der Waals surface area contributed by atoms with Crippen molar-refractivity contribution in [1.29, 1.82) is 0 Å². The van der Waals surface area contributed by atoms with Crippen molar-refractivity contribution in [3.8, 4) is 0 Å². The Bertz CT molecular complexity index is 415. The summed E-state index contributed by atoms with van der Waals surface area (Å²) in [6, 6.07) is 6.73. The number of likely N-dealkylation sites (tertiary alicyclic amines) is 1. The summed E-state index contributed by atoms with van der Waals surface area (Å²) in [6.07, 6.45) is 4.83. The Balaban J connectivity index is 2.07. The van der Waals surface area contributed by atoms with Crippen molar-refractivity contribution in [2.24, 2.45) is 0 Å². The van der Waals surface area contributed by atoms with E-state index in [4.69, 9.17) is 0 Å². The molecule has 104 valence electrons. The minimum atomic E-state index is -0.198. The van der Waals surface area contributed by atoms with E-state index in [1.54, 1.807) is 0 Å². The Morgan fingerprint density at radius 1 is 1.32 bits per heavy atom. The Morgan fingerprint density at radius 2 is 2.05 bits per heavy atom. The molecule has 0 aromatic heterocycles. The first-order valence-electron chi connectivity index (χ1n) is 7.24. The van der Waals surface area contributed by atoms with Gasteiger partial charge in [0.05, 0.1) is 0 Å². The molecule has 2 rings (SSSR count). The molecule has 1 aliphatic rings. The first kappa shape index (κ1) is 14.0. The summed E-state index contributed by atoms with van der Waals surface area (Å²) in [5, 5.41) is 0. The number of hydrogen-bond donors (Lipinski definition) is 0. The summed E-state index contributed by atoms with van der Waals surface area (Å²) in [5.41, 5.74) is 1.15. The van der Waals surface area contributed by atoms with Gasteiger partial charge in [0.1, 0.15) is 5.82 Å². The first-order valence-corrected chi connectivity index (χ1v) is 7.24. The lowest BCUT2D eigenvalue weighted by atomic mass is 9.94. The molecule has 19 heavy (non-hydrogen) atoms. The van der Waals surface area contributed by atoms with Gasteiger partial charge in [0.25, 0.3) is 0 Å². The molecule has 0 radical (unpaired) electrons. The smallest absolute Gasteiger partial charge is 0.222 e. The summed E-state index contributed by atoms with van der Waals surface area (Å²) >= 11 is 0. The van der Waals surface area contributed by atoms with Crippen molar-refractivity contribution in [2.75, 3.05) is 13.1 Å². The molecule has 0 spiro atoms. The number of rotatable bonds is 3. The molecule has 0 bridgehead atoms. The van der Waals surface area contributed by atoms with E-state index in [2.05, 4.69) is 0 Å². The molecule has 0 saturated carbocycles. The van der Waals surface area contributed by atoms with E-state index in [0.717, 1.165) is 44.3 Å². The third kappa shape index (κ3) is 3.79. The van der Waals surface area contributed by atoms with Crippen molar-refractivity contribution < 1.29 is 9.18 Å². The van der Waals surface area contributed by atoms with Gasteiger partial charge in [-0.25, -0.2) is 4.39 Å². The highest BCUT2D eigenvalue weighted by atomic mass is 19.1. The van der Waals surface area contributed by atoms with Crippen LogP contribution >= 0.6 is 0 Å². The fourth-order valence-corrected chi connectivity index (χ4v) is 2.75. The van der Waals surface area contributed by atoms with Crippen LogP contribution in [-0.2, 0) is 4.79 Å². The zero-order valence-corrected chi connectivity index (χ0v) is 11.6. The van der Waals surface area contributed by atoms with Crippen molar-refractivity contribution in [3.05, 3.63) is 35.6 Å². The maximum absolute atomic E-state index is 13.0. The lowest BCUT2D eigenvalue weighted by molar-refractivity contribution is -0.131. The van der Waals surface area contributed by atoms with E-state index in [0.29, 0.717) is 12.3 Å². The number of carbonyl (C=O) groups excluding carboxylic acids is 1. The Labute approximate surface area is 114 Å². The van der Waals surface area contributed by atoms with Gasteiger partial charge in [0.15, 0.2) is 0 Å². The second-order valence-corrected chi connectivity index (χ2v) is 5.33. The van der Waals surface area contributed by atoms with Crippen molar-refractivity contribution in [1.82, 2.24) is 4.90 Å². The van der Waals surface area contributed by atoms with Gasteiger partial charge in [0, 0.05) is 25.4 Å². The molecule has 1 amide bonds. The highest BCUT2D eigenvalue weighted by Crippen LogP contribution is 2.27. The van der Waals surface area contributed by atoms with Crippen LogP contribution in [0, 0.1) is 5.82 Å². The average molecular weight is 263 g/mol. The van der Waals surface area contributed by atoms with E-state index < -0.39 is 0 Å². The normalized spacial score (nSPS) is 20.1. The average Bonchev–Trinajstić information content (AvgIpc) is 2.66. The lowest BCUT2D eigenvalue weighted by Crippen LogP contribution is -2.33. The third-order valence-corrected chi connectivity index (χ3v) is 3.83. The SMILES string of the molecule is CCCC(=O)N1CCCCC(c2ccc(F)cc2)C1. The Kier molecular flexibility index (Phi) is 4.94. The van der Waals surface area contributed by atoms with Gasteiger partial charge in [0.2, 0.25) is 5.91 Å². The minimum Gasteiger partial charge on any atom is -0.342 e. The number of amides is 1. The molecular weight excluding hydrogens is 241 g/mol. The van der Waals surface area contributed by atoms with Gasteiger partial charge in [-0.3, -0.25) is 4.79 Å². The Hall–Kier alpha value is -1.38. The molecule has 1 aliphatic heterocycles. The molecule has 2 nitrogen and oxygen atoms in total. The molecule has 1 atom stereocenters. The molecule has 0 aliphatic carbocycles. The number of carbonyl (C=O) groups is 1. The predicted octanol–water partition coefficient (Wildman–Crippen LogP) is 3.72. The van der Waals surface area contributed by atoms with Gasteiger partial charge in [-0.2, -0.15) is 0 Å². The molecular formula is C16H22FNO.